The van der Waals surface area contributed by atoms with Gasteiger partial charge < -0.3 is 19.7 Å². The Morgan fingerprint density at radius 3 is 2.68 bits per heavy atom. The van der Waals surface area contributed by atoms with Crippen LogP contribution in [0.25, 0.3) is 0 Å². The van der Waals surface area contributed by atoms with E-state index in [4.69, 9.17) is 14.5 Å². The molecule has 1 saturated heterocycles. The van der Waals surface area contributed by atoms with Crippen LogP contribution in [0.5, 0.6) is 5.75 Å². The first-order valence-corrected chi connectivity index (χ1v) is 10.9. The number of aromatic nitrogens is 2. The number of aromatic amines is 1. The van der Waals surface area contributed by atoms with Gasteiger partial charge in [0.15, 0.2) is 5.78 Å². The highest BCUT2D eigenvalue weighted by molar-refractivity contribution is 6.00. The Hall–Kier alpha value is -3.13. The van der Waals surface area contributed by atoms with Crippen LogP contribution >= 0.6 is 0 Å². The number of Topliss-reactive ketones (excluding diaryl/α,β-unsaturated/α-hetero) is 1. The van der Waals surface area contributed by atoms with Gasteiger partial charge in [0.25, 0.3) is 5.56 Å². The van der Waals surface area contributed by atoms with Crippen molar-refractivity contribution < 1.29 is 14.3 Å². The lowest BCUT2D eigenvalue weighted by atomic mass is 9.76. The van der Waals surface area contributed by atoms with Gasteiger partial charge in [-0.1, -0.05) is 12.1 Å². The number of H-pyrrole nitrogens is 1. The number of morpholine rings is 1. The normalized spacial score (nSPS) is 20.7. The molecular weight excluding hydrogens is 396 g/mol. The SMILES string of the molecule is CCOc1ccc([C@H]2C3=C(CCCC3=O)Nc3nc(N4CCOCC4)[nH]c(=O)c32)cc1. The number of hydrogen-bond donors (Lipinski definition) is 2. The molecule has 0 bridgehead atoms. The molecule has 1 aromatic carbocycles. The van der Waals surface area contributed by atoms with Crippen LogP contribution in [0.4, 0.5) is 11.8 Å². The Labute approximate surface area is 180 Å². The van der Waals surface area contributed by atoms with Crippen LogP contribution in [0.2, 0.25) is 0 Å². The lowest BCUT2D eigenvalue weighted by molar-refractivity contribution is -0.116. The van der Waals surface area contributed by atoms with Crippen LogP contribution < -0.4 is 20.5 Å². The number of benzene rings is 1. The Morgan fingerprint density at radius 1 is 1.16 bits per heavy atom. The fourth-order valence-electron chi connectivity index (χ4n) is 4.63. The molecule has 162 valence electrons. The topological polar surface area (TPSA) is 96.5 Å². The van der Waals surface area contributed by atoms with Crippen LogP contribution in [0, 0.1) is 0 Å². The van der Waals surface area contributed by atoms with E-state index < -0.39 is 5.92 Å². The summed E-state index contributed by atoms with van der Waals surface area (Å²) in [6, 6.07) is 7.65. The van der Waals surface area contributed by atoms with Gasteiger partial charge in [-0.2, -0.15) is 4.98 Å². The summed E-state index contributed by atoms with van der Waals surface area (Å²) in [5.74, 6) is 1.49. The average Bonchev–Trinajstić information content (AvgIpc) is 2.79. The third-order valence-electron chi connectivity index (χ3n) is 6.08. The number of hydrogen-bond acceptors (Lipinski definition) is 7. The van der Waals surface area contributed by atoms with Crippen molar-refractivity contribution in [3.8, 4) is 5.75 Å². The summed E-state index contributed by atoms with van der Waals surface area (Å²) in [5.41, 5.74) is 2.74. The number of anilines is 2. The number of carbonyl (C=O) groups is 1. The first kappa shape index (κ1) is 19.8. The summed E-state index contributed by atoms with van der Waals surface area (Å²) >= 11 is 0. The molecule has 3 heterocycles. The zero-order valence-corrected chi connectivity index (χ0v) is 17.6. The summed E-state index contributed by atoms with van der Waals surface area (Å²) in [7, 11) is 0. The van der Waals surface area contributed by atoms with Crippen LogP contribution in [0.15, 0.2) is 40.3 Å². The first-order chi connectivity index (χ1) is 15.2. The molecule has 2 aromatic rings. The van der Waals surface area contributed by atoms with E-state index in [1.54, 1.807) is 0 Å². The fraction of sp³-hybridized carbons (Fsp3) is 0.435. The van der Waals surface area contributed by atoms with E-state index in [1.807, 2.05) is 36.1 Å². The summed E-state index contributed by atoms with van der Waals surface area (Å²) in [5, 5.41) is 3.33. The summed E-state index contributed by atoms with van der Waals surface area (Å²) in [6.07, 6.45) is 2.07. The van der Waals surface area contributed by atoms with Crippen LogP contribution in [0.1, 0.15) is 43.2 Å². The van der Waals surface area contributed by atoms with Crippen molar-refractivity contribution in [2.24, 2.45) is 0 Å². The van der Waals surface area contributed by atoms with E-state index in [0.29, 0.717) is 62.2 Å². The maximum absolute atomic E-state index is 13.3. The molecule has 3 aliphatic rings. The summed E-state index contributed by atoms with van der Waals surface area (Å²) < 4.78 is 11.0. The van der Waals surface area contributed by atoms with Crippen molar-refractivity contribution in [3.05, 3.63) is 57.0 Å². The van der Waals surface area contributed by atoms with Crippen molar-refractivity contribution in [1.29, 1.82) is 0 Å². The Balaban J connectivity index is 1.62. The number of ether oxygens (including phenoxy) is 2. The molecule has 8 nitrogen and oxygen atoms in total. The van der Waals surface area contributed by atoms with E-state index in [1.165, 1.54) is 0 Å². The van der Waals surface area contributed by atoms with E-state index in [2.05, 4.69) is 10.3 Å². The van der Waals surface area contributed by atoms with Crippen LogP contribution in [-0.2, 0) is 9.53 Å². The van der Waals surface area contributed by atoms with Gasteiger partial charge in [-0.15, -0.1) is 0 Å². The Morgan fingerprint density at radius 2 is 1.94 bits per heavy atom. The molecule has 0 amide bonds. The quantitative estimate of drug-likeness (QED) is 0.782. The molecule has 2 N–H and O–H groups in total. The minimum Gasteiger partial charge on any atom is -0.494 e. The van der Waals surface area contributed by atoms with E-state index in [-0.39, 0.29) is 11.3 Å². The number of nitrogens with zero attached hydrogens (tertiary/aromatic N) is 2. The van der Waals surface area contributed by atoms with Crippen molar-refractivity contribution in [3.63, 3.8) is 0 Å². The highest BCUT2D eigenvalue weighted by Crippen LogP contribution is 2.43. The highest BCUT2D eigenvalue weighted by Gasteiger charge is 2.38. The second-order valence-electron chi connectivity index (χ2n) is 7.98. The Bertz CT molecular complexity index is 1080. The fourth-order valence-corrected chi connectivity index (χ4v) is 4.63. The van der Waals surface area contributed by atoms with Gasteiger partial charge in [0.1, 0.15) is 11.6 Å². The molecule has 1 fully saturated rings. The minimum atomic E-state index is -0.440. The maximum Gasteiger partial charge on any atom is 0.258 e. The number of rotatable bonds is 4. The second kappa shape index (κ2) is 8.19. The molecule has 2 aliphatic heterocycles. The van der Waals surface area contributed by atoms with Gasteiger partial charge in [-0.05, 0) is 37.5 Å². The average molecular weight is 422 g/mol. The molecular formula is C23H26N4O4. The number of nitrogens with one attached hydrogen (secondary N) is 2. The molecule has 5 rings (SSSR count). The predicted octanol–water partition coefficient (Wildman–Crippen LogP) is 2.57. The maximum atomic E-state index is 13.3. The van der Waals surface area contributed by atoms with Crippen LogP contribution in [0.3, 0.4) is 0 Å². The zero-order chi connectivity index (χ0) is 21.4. The molecule has 1 aliphatic carbocycles. The first-order valence-electron chi connectivity index (χ1n) is 10.9. The van der Waals surface area contributed by atoms with Gasteiger partial charge >= 0.3 is 0 Å². The molecule has 0 spiro atoms. The zero-order valence-electron chi connectivity index (χ0n) is 17.6. The smallest absolute Gasteiger partial charge is 0.258 e. The monoisotopic (exact) mass is 422 g/mol. The number of fused-ring (bicyclic) bond motifs is 1. The van der Waals surface area contributed by atoms with Gasteiger partial charge in [0.2, 0.25) is 5.95 Å². The van der Waals surface area contributed by atoms with Gasteiger partial charge in [-0.3, -0.25) is 14.6 Å². The van der Waals surface area contributed by atoms with Gasteiger partial charge in [0.05, 0.1) is 25.4 Å². The minimum absolute atomic E-state index is 0.0925. The van der Waals surface area contributed by atoms with E-state index in [9.17, 15) is 9.59 Å². The number of carbonyl (C=O) groups excluding carboxylic acids is 1. The predicted molar refractivity (Wildman–Crippen MR) is 117 cm³/mol. The lowest BCUT2D eigenvalue weighted by Crippen LogP contribution is -2.40. The molecule has 1 aromatic heterocycles. The molecule has 1 atom stereocenters. The highest BCUT2D eigenvalue weighted by atomic mass is 16.5. The molecule has 0 saturated carbocycles. The Kier molecular flexibility index (Phi) is 5.23. The lowest BCUT2D eigenvalue weighted by Gasteiger charge is -2.34. The number of allylic oxidation sites excluding steroid dienone is 2. The molecule has 0 radical (unpaired) electrons. The number of ketones is 1. The van der Waals surface area contributed by atoms with Crippen molar-refractivity contribution >= 4 is 17.5 Å². The molecule has 31 heavy (non-hydrogen) atoms. The van der Waals surface area contributed by atoms with Crippen molar-refractivity contribution in [1.82, 2.24) is 9.97 Å². The van der Waals surface area contributed by atoms with E-state index >= 15 is 0 Å². The third-order valence-corrected chi connectivity index (χ3v) is 6.08. The van der Waals surface area contributed by atoms with Crippen LogP contribution in [-0.4, -0.2) is 48.7 Å². The second-order valence-corrected chi connectivity index (χ2v) is 7.98. The van der Waals surface area contributed by atoms with Gasteiger partial charge in [-0.25, -0.2) is 0 Å². The van der Waals surface area contributed by atoms with Crippen molar-refractivity contribution in [2.75, 3.05) is 43.1 Å². The standard InChI is InChI=1S/C23H26N4O4/c1-2-31-15-8-6-14(7-9-15)18-19-16(4-3-5-17(19)28)24-21-20(18)22(29)26-23(25-21)27-10-12-30-13-11-27/h6-9,18H,2-5,10-13H2,1H3,(H2,24,25,26,29)/t18-/m0/s1. The van der Waals surface area contributed by atoms with Crippen molar-refractivity contribution in [2.45, 2.75) is 32.1 Å². The third kappa shape index (κ3) is 3.61. The molecule has 0 unspecified atom stereocenters. The largest absolute Gasteiger partial charge is 0.494 e. The van der Waals surface area contributed by atoms with Gasteiger partial charge in [0, 0.05) is 36.7 Å². The molecule has 8 heteroatoms. The van der Waals surface area contributed by atoms with E-state index in [0.717, 1.165) is 29.9 Å². The summed E-state index contributed by atoms with van der Waals surface area (Å²) in [6.45, 7) is 5.08. The summed E-state index contributed by atoms with van der Waals surface area (Å²) in [4.78, 5) is 36.0.